The number of rotatable bonds is 3. The smallest absolute Gasteiger partial charge is 0.332 e. The Morgan fingerprint density at radius 2 is 2.05 bits per heavy atom. The predicted molar refractivity (Wildman–Crippen MR) is 72.8 cm³/mol. The van der Waals surface area contributed by atoms with Crippen molar-refractivity contribution < 1.29 is 14.1 Å². The van der Waals surface area contributed by atoms with Crippen molar-refractivity contribution in [1.29, 1.82) is 0 Å². The summed E-state index contributed by atoms with van der Waals surface area (Å²) >= 11 is 6.09. The molecule has 0 spiro atoms. The van der Waals surface area contributed by atoms with Crippen LogP contribution in [-0.4, -0.2) is 9.91 Å². The molecule has 98 valence electrons. The van der Waals surface area contributed by atoms with Crippen molar-refractivity contribution in [3.05, 3.63) is 55.3 Å². The van der Waals surface area contributed by atoms with Crippen molar-refractivity contribution in [3.63, 3.8) is 0 Å². The van der Waals surface area contributed by atoms with E-state index in [1.54, 1.807) is 0 Å². The Kier molecular flexibility index (Phi) is 4.11. The normalized spacial score (nSPS) is 10.3. The fraction of sp³-hybridized carbons (Fsp3) is 0. The maximum Gasteiger partial charge on any atom is 0.332 e. The van der Waals surface area contributed by atoms with E-state index in [4.69, 9.17) is 4.74 Å². The minimum Gasteiger partial charge on any atom is -0.434 e. The molecule has 8 heteroatoms. The van der Waals surface area contributed by atoms with E-state index in [1.807, 2.05) is 0 Å². The molecule has 1 aromatic heterocycles. The monoisotopic (exact) mass is 390 g/mol. The van der Waals surface area contributed by atoms with Gasteiger partial charge in [-0.15, -0.1) is 0 Å². The van der Waals surface area contributed by atoms with Crippen LogP contribution in [0.15, 0.2) is 39.4 Å². The molecule has 0 saturated carbocycles. The van der Waals surface area contributed by atoms with Gasteiger partial charge in [0.05, 0.1) is 9.40 Å². The van der Waals surface area contributed by atoms with Crippen molar-refractivity contribution in [2.75, 3.05) is 0 Å². The number of pyridine rings is 1. The molecule has 0 N–H and O–H groups in total. The van der Waals surface area contributed by atoms with Crippen LogP contribution in [-0.2, 0) is 0 Å². The Balaban J connectivity index is 2.37. The van der Waals surface area contributed by atoms with Gasteiger partial charge in [-0.25, -0.2) is 9.37 Å². The molecular weight excluding hydrogens is 387 g/mol. The summed E-state index contributed by atoms with van der Waals surface area (Å²) in [5.74, 6) is -0.372. The number of halogens is 3. The van der Waals surface area contributed by atoms with Gasteiger partial charge in [0.2, 0.25) is 0 Å². The van der Waals surface area contributed by atoms with Crippen molar-refractivity contribution in [2.45, 2.75) is 0 Å². The van der Waals surface area contributed by atoms with Crippen LogP contribution in [0.3, 0.4) is 0 Å². The summed E-state index contributed by atoms with van der Waals surface area (Å²) in [6.07, 6.45) is 1.38. The SMILES string of the molecule is O=[N+]([O-])c1cc(Br)cnc1Oc1ccc(F)c(Br)c1. The average Bonchev–Trinajstić information content (AvgIpc) is 2.36. The molecule has 2 rings (SSSR count). The fourth-order valence-corrected chi connectivity index (χ4v) is 1.95. The number of benzene rings is 1. The molecule has 0 aliphatic carbocycles. The van der Waals surface area contributed by atoms with Crippen LogP contribution in [0, 0.1) is 15.9 Å². The molecule has 0 amide bonds. The molecular formula is C11H5Br2FN2O3. The molecule has 0 aliphatic rings. The van der Waals surface area contributed by atoms with Crippen LogP contribution in [0.1, 0.15) is 0 Å². The van der Waals surface area contributed by atoms with Gasteiger partial charge in [0.15, 0.2) is 0 Å². The summed E-state index contributed by atoms with van der Waals surface area (Å²) in [5, 5.41) is 10.9. The third-order valence-corrected chi connectivity index (χ3v) is 3.14. The first-order valence-corrected chi connectivity index (χ1v) is 6.49. The second-order valence-corrected chi connectivity index (χ2v) is 5.18. The van der Waals surface area contributed by atoms with Gasteiger partial charge >= 0.3 is 5.69 Å². The maximum atomic E-state index is 13.1. The number of nitrogens with zero attached hydrogens (tertiary/aromatic N) is 2. The van der Waals surface area contributed by atoms with E-state index in [9.17, 15) is 14.5 Å². The molecule has 1 aromatic carbocycles. The summed E-state index contributed by atoms with van der Waals surface area (Å²) in [7, 11) is 0. The van der Waals surface area contributed by atoms with Gasteiger partial charge in [0, 0.05) is 16.7 Å². The zero-order valence-electron chi connectivity index (χ0n) is 9.14. The van der Waals surface area contributed by atoms with Crippen molar-refractivity contribution in [2.24, 2.45) is 0 Å². The molecule has 0 aliphatic heterocycles. The highest BCUT2D eigenvalue weighted by atomic mass is 79.9. The Morgan fingerprint density at radius 1 is 1.32 bits per heavy atom. The summed E-state index contributed by atoms with van der Waals surface area (Å²) < 4.78 is 19.0. The Morgan fingerprint density at radius 3 is 2.68 bits per heavy atom. The van der Waals surface area contributed by atoms with Gasteiger partial charge in [-0.05, 0) is 50.1 Å². The van der Waals surface area contributed by atoms with Gasteiger partial charge in [-0.2, -0.15) is 0 Å². The first-order chi connectivity index (χ1) is 8.97. The molecule has 1 heterocycles. The van der Waals surface area contributed by atoms with E-state index < -0.39 is 10.7 Å². The van der Waals surface area contributed by atoms with E-state index in [0.29, 0.717) is 4.47 Å². The van der Waals surface area contributed by atoms with Crippen LogP contribution >= 0.6 is 31.9 Å². The Hall–Kier alpha value is -1.54. The van der Waals surface area contributed by atoms with Gasteiger partial charge < -0.3 is 4.74 Å². The summed E-state index contributed by atoms with van der Waals surface area (Å²) in [6.45, 7) is 0. The molecule has 0 atom stereocenters. The molecule has 0 fully saturated rings. The maximum absolute atomic E-state index is 13.1. The van der Waals surface area contributed by atoms with Gasteiger partial charge in [-0.1, -0.05) is 0 Å². The van der Waals surface area contributed by atoms with Crippen LogP contribution in [0.4, 0.5) is 10.1 Å². The third kappa shape index (κ3) is 3.27. The van der Waals surface area contributed by atoms with Crippen LogP contribution in [0.25, 0.3) is 0 Å². The quantitative estimate of drug-likeness (QED) is 0.572. The lowest BCUT2D eigenvalue weighted by atomic mass is 10.3. The number of nitro groups is 1. The molecule has 0 radical (unpaired) electrons. The fourth-order valence-electron chi connectivity index (χ4n) is 1.28. The third-order valence-electron chi connectivity index (χ3n) is 2.10. The highest BCUT2D eigenvalue weighted by Gasteiger charge is 2.18. The van der Waals surface area contributed by atoms with E-state index in [1.165, 1.54) is 30.5 Å². The predicted octanol–water partition coefficient (Wildman–Crippen LogP) is 4.45. The Labute approximate surface area is 123 Å². The summed E-state index contributed by atoms with van der Waals surface area (Å²) in [5.41, 5.74) is -0.283. The molecule has 5 nitrogen and oxygen atoms in total. The topological polar surface area (TPSA) is 65.3 Å². The zero-order chi connectivity index (χ0) is 14.0. The first-order valence-electron chi connectivity index (χ1n) is 4.90. The van der Waals surface area contributed by atoms with E-state index in [2.05, 4.69) is 36.8 Å². The lowest BCUT2D eigenvalue weighted by molar-refractivity contribution is -0.386. The van der Waals surface area contributed by atoms with Gasteiger partial charge in [-0.3, -0.25) is 10.1 Å². The average molecular weight is 392 g/mol. The van der Waals surface area contributed by atoms with Crippen molar-refractivity contribution in [1.82, 2.24) is 4.98 Å². The van der Waals surface area contributed by atoms with Crippen molar-refractivity contribution >= 4 is 37.5 Å². The van der Waals surface area contributed by atoms with Crippen LogP contribution in [0.2, 0.25) is 0 Å². The highest BCUT2D eigenvalue weighted by molar-refractivity contribution is 9.10. The number of aromatic nitrogens is 1. The van der Waals surface area contributed by atoms with Crippen LogP contribution in [0.5, 0.6) is 11.6 Å². The second-order valence-electron chi connectivity index (χ2n) is 3.41. The van der Waals surface area contributed by atoms with Crippen molar-refractivity contribution in [3.8, 4) is 11.6 Å². The second kappa shape index (κ2) is 5.62. The van der Waals surface area contributed by atoms with Gasteiger partial charge in [0.1, 0.15) is 11.6 Å². The summed E-state index contributed by atoms with van der Waals surface area (Å²) in [6, 6.07) is 5.18. The standard InChI is InChI=1S/C11H5Br2FN2O3/c12-6-3-10(16(17)18)11(15-5-6)19-7-1-2-9(14)8(13)4-7/h1-5H. The molecule has 0 unspecified atom stereocenters. The minimum atomic E-state index is -0.605. The molecule has 2 aromatic rings. The molecule has 0 saturated heterocycles. The number of hydrogen-bond acceptors (Lipinski definition) is 4. The van der Waals surface area contributed by atoms with E-state index in [0.717, 1.165) is 0 Å². The lowest BCUT2D eigenvalue weighted by Gasteiger charge is -2.06. The van der Waals surface area contributed by atoms with E-state index in [-0.39, 0.29) is 21.8 Å². The highest BCUT2D eigenvalue weighted by Crippen LogP contribution is 2.32. The van der Waals surface area contributed by atoms with E-state index >= 15 is 0 Å². The first kappa shape index (κ1) is 13.9. The molecule has 19 heavy (non-hydrogen) atoms. The molecule has 0 bridgehead atoms. The number of hydrogen-bond donors (Lipinski definition) is 0. The van der Waals surface area contributed by atoms with Gasteiger partial charge in [0.25, 0.3) is 5.88 Å². The van der Waals surface area contributed by atoms with Crippen LogP contribution < -0.4 is 4.74 Å². The zero-order valence-corrected chi connectivity index (χ0v) is 12.3. The lowest BCUT2D eigenvalue weighted by Crippen LogP contribution is -1.96. The number of ether oxygens (including phenoxy) is 1. The Bertz CT molecular complexity index is 652. The largest absolute Gasteiger partial charge is 0.434 e. The minimum absolute atomic E-state index is 0.160. The summed E-state index contributed by atoms with van der Waals surface area (Å²) in [4.78, 5) is 14.1.